The Labute approximate surface area is 194 Å². The minimum absolute atomic E-state index is 0.144. The zero-order valence-corrected chi connectivity index (χ0v) is 18.0. The summed E-state index contributed by atoms with van der Waals surface area (Å²) >= 11 is 0. The Hall–Kier alpha value is -4.53. The van der Waals surface area contributed by atoms with Gasteiger partial charge in [0.1, 0.15) is 6.04 Å². The molecule has 9 nitrogen and oxygen atoms in total. The van der Waals surface area contributed by atoms with Crippen molar-refractivity contribution >= 4 is 46.1 Å². The van der Waals surface area contributed by atoms with Gasteiger partial charge >= 0.3 is 6.03 Å². The van der Waals surface area contributed by atoms with Crippen LogP contribution in [-0.2, 0) is 16.1 Å². The van der Waals surface area contributed by atoms with Gasteiger partial charge in [-0.05, 0) is 35.6 Å². The van der Waals surface area contributed by atoms with E-state index in [0.717, 1.165) is 10.8 Å². The summed E-state index contributed by atoms with van der Waals surface area (Å²) in [6, 6.07) is 16.2. The number of nitrogens with one attached hydrogen (secondary N) is 3. The van der Waals surface area contributed by atoms with Gasteiger partial charge < -0.3 is 10.2 Å². The van der Waals surface area contributed by atoms with E-state index in [1.165, 1.54) is 17.0 Å². The standard InChI is InChI=1S/C25H20N4O5/c30-21-11-10-20(23(32)27-21)29-13-16-9-8-15(12-18(16)24(29)33)22(31)28-25(34)26-19-7-3-5-14-4-1-2-6-17(14)19/h1-9,12,20H,10-11,13H2,(H,27,30,32)(H2,26,28,31,34). The van der Waals surface area contributed by atoms with Crippen LogP contribution in [0, 0.1) is 0 Å². The number of carbonyl (C=O) groups is 5. The third-order valence-corrected chi connectivity index (χ3v) is 6.06. The van der Waals surface area contributed by atoms with Gasteiger partial charge in [0.15, 0.2) is 0 Å². The van der Waals surface area contributed by atoms with Crippen molar-refractivity contribution in [1.29, 1.82) is 0 Å². The van der Waals surface area contributed by atoms with Crippen molar-refractivity contribution < 1.29 is 24.0 Å². The zero-order chi connectivity index (χ0) is 23.8. The van der Waals surface area contributed by atoms with Gasteiger partial charge in [-0.1, -0.05) is 42.5 Å². The second-order valence-electron chi connectivity index (χ2n) is 8.21. The molecule has 1 saturated heterocycles. The predicted octanol–water partition coefficient (Wildman–Crippen LogP) is 2.56. The quantitative estimate of drug-likeness (QED) is 0.523. The monoisotopic (exact) mass is 456 g/mol. The van der Waals surface area contributed by atoms with E-state index in [2.05, 4.69) is 16.0 Å². The van der Waals surface area contributed by atoms with Crippen LogP contribution in [0.1, 0.15) is 39.1 Å². The average molecular weight is 456 g/mol. The number of imide groups is 2. The highest BCUT2D eigenvalue weighted by atomic mass is 16.2. The predicted molar refractivity (Wildman–Crippen MR) is 123 cm³/mol. The molecular formula is C25H20N4O5. The van der Waals surface area contributed by atoms with Gasteiger partial charge in [0.2, 0.25) is 11.8 Å². The molecule has 3 aromatic carbocycles. The Morgan fingerprint density at radius 2 is 1.76 bits per heavy atom. The highest BCUT2D eigenvalue weighted by Gasteiger charge is 2.39. The number of urea groups is 1. The minimum atomic E-state index is -0.735. The molecule has 2 aliphatic rings. The molecule has 0 bridgehead atoms. The number of carbonyl (C=O) groups excluding carboxylic acids is 5. The Kier molecular flexibility index (Phi) is 5.29. The Morgan fingerprint density at radius 1 is 0.971 bits per heavy atom. The van der Waals surface area contributed by atoms with Crippen LogP contribution in [-0.4, -0.2) is 40.6 Å². The first kappa shape index (κ1) is 21.3. The molecule has 1 fully saturated rings. The molecule has 1 unspecified atom stereocenters. The van der Waals surface area contributed by atoms with E-state index in [1.54, 1.807) is 18.2 Å². The van der Waals surface area contributed by atoms with Crippen LogP contribution in [0.15, 0.2) is 60.7 Å². The molecule has 3 aromatic rings. The summed E-state index contributed by atoms with van der Waals surface area (Å²) in [5.41, 5.74) is 1.68. The van der Waals surface area contributed by atoms with Crippen molar-refractivity contribution in [3.63, 3.8) is 0 Å². The fourth-order valence-electron chi connectivity index (χ4n) is 4.36. The molecule has 2 aliphatic heterocycles. The van der Waals surface area contributed by atoms with Crippen LogP contribution >= 0.6 is 0 Å². The van der Waals surface area contributed by atoms with E-state index in [0.29, 0.717) is 16.8 Å². The van der Waals surface area contributed by atoms with Crippen LogP contribution in [0.4, 0.5) is 10.5 Å². The van der Waals surface area contributed by atoms with Crippen LogP contribution in [0.5, 0.6) is 0 Å². The molecular weight excluding hydrogens is 436 g/mol. The maximum absolute atomic E-state index is 12.9. The number of benzene rings is 3. The summed E-state index contributed by atoms with van der Waals surface area (Å²) in [6.45, 7) is 0.212. The summed E-state index contributed by atoms with van der Waals surface area (Å²) in [7, 11) is 0. The van der Waals surface area contributed by atoms with Crippen molar-refractivity contribution in [2.75, 3.05) is 5.32 Å². The highest BCUT2D eigenvalue weighted by Crippen LogP contribution is 2.28. The number of amides is 6. The number of fused-ring (bicyclic) bond motifs is 2. The maximum Gasteiger partial charge on any atom is 0.326 e. The molecule has 6 amide bonds. The van der Waals surface area contributed by atoms with Gasteiger partial charge in [0.05, 0.1) is 5.69 Å². The molecule has 0 saturated carbocycles. The van der Waals surface area contributed by atoms with Gasteiger partial charge in [-0.15, -0.1) is 0 Å². The van der Waals surface area contributed by atoms with E-state index in [-0.39, 0.29) is 36.8 Å². The first-order valence-electron chi connectivity index (χ1n) is 10.8. The number of piperidine rings is 1. The normalized spacial score (nSPS) is 17.4. The maximum atomic E-state index is 12.9. The van der Waals surface area contributed by atoms with Gasteiger partial charge in [0.25, 0.3) is 11.8 Å². The molecule has 5 rings (SSSR count). The van der Waals surface area contributed by atoms with Crippen LogP contribution in [0.3, 0.4) is 0 Å². The number of rotatable bonds is 3. The molecule has 170 valence electrons. The van der Waals surface area contributed by atoms with Crippen LogP contribution < -0.4 is 16.0 Å². The lowest BCUT2D eigenvalue weighted by molar-refractivity contribution is -0.136. The summed E-state index contributed by atoms with van der Waals surface area (Å²) in [6.07, 6.45) is 0.419. The topological polar surface area (TPSA) is 125 Å². The summed E-state index contributed by atoms with van der Waals surface area (Å²) in [5, 5.41) is 9.01. The number of anilines is 1. The molecule has 0 aromatic heterocycles. The molecule has 9 heteroatoms. The van der Waals surface area contributed by atoms with Crippen molar-refractivity contribution in [3.05, 3.63) is 77.4 Å². The van der Waals surface area contributed by atoms with E-state index in [9.17, 15) is 24.0 Å². The molecule has 0 spiro atoms. The first-order chi connectivity index (χ1) is 16.4. The minimum Gasteiger partial charge on any atom is -0.322 e. The fraction of sp³-hybridized carbons (Fsp3) is 0.160. The van der Waals surface area contributed by atoms with E-state index in [4.69, 9.17) is 0 Å². The fourth-order valence-corrected chi connectivity index (χ4v) is 4.36. The summed E-state index contributed by atoms with van der Waals surface area (Å²) in [4.78, 5) is 63.1. The van der Waals surface area contributed by atoms with Crippen molar-refractivity contribution in [1.82, 2.24) is 15.5 Å². The smallest absolute Gasteiger partial charge is 0.322 e. The average Bonchev–Trinajstić information content (AvgIpc) is 3.15. The lowest BCUT2D eigenvalue weighted by atomic mass is 10.0. The summed E-state index contributed by atoms with van der Waals surface area (Å²) < 4.78 is 0. The Morgan fingerprint density at radius 3 is 2.59 bits per heavy atom. The molecule has 0 radical (unpaired) electrons. The van der Waals surface area contributed by atoms with Crippen molar-refractivity contribution in [2.45, 2.75) is 25.4 Å². The van der Waals surface area contributed by atoms with Crippen LogP contribution in [0.25, 0.3) is 10.8 Å². The highest BCUT2D eigenvalue weighted by molar-refractivity contribution is 6.12. The largest absolute Gasteiger partial charge is 0.326 e. The number of hydrogen-bond acceptors (Lipinski definition) is 5. The molecule has 2 heterocycles. The third-order valence-electron chi connectivity index (χ3n) is 6.06. The van der Waals surface area contributed by atoms with Crippen LogP contribution in [0.2, 0.25) is 0 Å². The lowest BCUT2D eigenvalue weighted by Crippen LogP contribution is -2.52. The van der Waals surface area contributed by atoms with E-state index >= 15 is 0 Å². The van der Waals surface area contributed by atoms with Crippen molar-refractivity contribution in [3.8, 4) is 0 Å². The van der Waals surface area contributed by atoms with Gasteiger partial charge in [0, 0.05) is 29.5 Å². The molecule has 1 atom stereocenters. The number of hydrogen-bond donors (Lipinski definition) is 3. The molecule has 3 N–H and O–H groups in total. The molecule has 34 heavy (non-hydrogen) atoms. The van der Waals surface area contributed by atoms with Gasteiger partial charge in [-0.2, -0.15) is 0 Å². The van der Waals surface area contributed by atoms with E-state index in [1.807, 2.05) is 30.3 Å². The van der Waals surface area contributed by atoms with Crippen molar-refractivity contribution in [2.24, 2.45) is 0 Å². The Bertz CT molecular complexity index is 1380. The van der Waals surface area contributed by atoms with Gasteiger partial charge in [-0.3, -0.25) is 29.8 Å². The number of nitrogens with zero attached hydrogens (tertiary/aromatic N) is 1. The summed E-state index contributed by atoms with van der Waals surface area (Å²) in [5.74, 6) is -1.90. The van der Waals surface area contributed by atoms with Gasteiger partial charge in [-0.25, -0.2) is 4.79 Å². The first-order valence-corrected chi connectivity index (χ1v) is 10.8. The lowest BCUT2D eigenvalue weighted by Gasteiger charge is -2.29. The molecule has 0 aliphatic carbocycles. The second kappa shape index (κ2) is 8.43. The third kappa shape index (κ3) is 3.88. The second-order valence-corrected chi connectivity index (χ2v) is 8.21. The Balaban J connectivity index is 1.29. The van der Waals surface area contributed by atoms with E-state index < -0.39 is 23.9 Å². The SMILES string of the molecule is O=C1CCC(N2Cc3ccc(C(=O)NC(=O)Nc4cccc5ccccc45)cc3C2=O)C(=O)N1. The zero-order valence-electron chi connectivity index (χ0n) is 18.0.